The maximum atomic E-state index is 11.8. The van der Waals surface area contributed by atoms with Crippen LogP contribution in [0.15, 0.2) is 20.1 Å². The van der Waals surface area contributed by atoms with E-state index < -0.39 is 10.0 Å². The van der Waals surface area contributed by atoms with Gasteiger partial charge in [0.2, 0.25) is 10.0 Å². The molecule has 1 atom stereocenters. The zero-order chi connectivity index (χ0) is 11.5. The van der Waals surface area contributed by atoms with Crippen molar-refractivity contribution in [3.05, 3.63) is 15.9 Å². The van der Waals surface area contributed by atoms with Crippen LogP contribution in [-0.2, 0) is 10.0 Å². The van der Waals surface area contributed by atoms with E-state index in [2.05, 4.69) is 20.7 Å². The Hall–Kier alpha value is 0.0900. The molecule has 6 heteroatoms. The van der Waals surface area contributed by atoms with Crippen LogP contribution < -0.4 is 4.72 Å². The molecule has 1 rings (SSSR count). The molecule has 15 heavy (non-hydrogen) atoms. The second-order valence-corrected chi connectivity index (χ2v) is 7.77. The summed E-state index contributed by atoms with van der Waals surface area (Å²) in [6, 6.07) is 3.33. The van der Waals surface area contributed by atoms with Gasteiger partial charge in [-0.3, -0.25) is 0 Å². The minimum Gasteiger partial charge on any atom is -0.208 e. The number of sulfonamides is 1. The van der Waals surface area contributed by atoms with Gasteiger partial charge in [0.15, 0.2) is 0 Å². The quantitative estimate of drug-likeness (QED) is 0.908. The van der Waals surface area contributed by atoms with Crippen LogP contribution in [0.4, 0.5) is 0 Å². The molecule has 0 aliphatic rings. The van der Waals surface area contributed by atoms with Crippen LogP contribution in [0.1, 0.15) is 26.7 Å². The number of thiophene rings is 1. The molecular weight excluding hydrogens is 298 g/mol. The second-order valence-electron chi connectivity index (χ2n) is 3.37. The van der Waals surface area contributed by atoms with Crippen molar-refractivity contribution in [3.63, 3.8) is 0 Å². The smallest absolute Gasteiger partial charge is 0.208 e. The summed E-state index contributed by atoms with van der Waals surface area (Å²) in [4.78, 5) is 0. The van der Waals surface area contributed by atoms with Crippen LogP contribution in [0.2, 0.25) is 0 Å². The highest BCUT2D eigenvalue weighted by Gasteiger charge is 2.18. The summed E-state index contributed by atoms with van der Waals surface area (Å²) >= 11 is 4.47. The fourth-order valence-electron chi connectivity index (χ4n) is 1.26. The molecule has 3 nitrogen and oxygen atoms in total. The molecular formula is C9H14BrNO2S2. The van der Waals surface area contributed by atoms with Gasteiger partial charge in [-0.2, -0.15) is 0 Å². The average molecular weight is 312 g/mol. The first-order valence-electron chi connectivity index (χ1n) is 4.73. The number of hydrogen-bond donors (Lipinski definition) is 1. The fraction of sp³-hybridized carbons (Fsp3) is 0.556. The molecule has 0 saturated carbocycles. The van der Waals surface area contributed by atoms with Gasteiger partial charge < -0.3 is 0 Å². The SMILES string of the molecule is CCC[C@H](C)NS(=O)(=O)c1ccc(Br)s1. The summed E-state index contributed by atoms with van der Waals surface area (Å²) in [5.41, 5.74) is 0. The van der Waals surface area contributed by atoms with Crippen molar-refractivity contribution in [1.82, 2.24) is 4.72 Å². The van der Waals surface area contributed by atoms with E-state index in [1.54, 1.807) is 12.1 Å². The summed E-state index contributed by atoms with van der Waals surface area (Å²) in [5.74, 6) is 0. The van der Waals surface area contributed by atoms with Crippen LogP contribution in [0.3, 0.4) is 0 Å². The van der Waals surface area contributed by atoms with Crippen molar-refractivity contribution < 1.29 is 8.42 Å². The van der Waals surface area contributed by atoms with Gasteiger partial charge in [-0.25, -0.2) is 13.1 Å². The summed E-state index contributed by atoms with van der Waals surface area (Å²) in [6.45, 7) is 3.91. The first-order chi connectivity index (χ1) is 6.95. The highest BCUT2D eigenvalue weighted by Crippen LogP contribution is 2.26. The lowest BCUT2D eigenvalue weighted by molar-refractivity contribution is 0.545. The minimum atomic E-state index is -3.32. The fourth-order valence-corrected chi connectivity index (χ4v) is 4.56. The summed E-state index contributed by atoms with van der Waals surface area (Å²) in [5, 5.41) is 0. The topological polar surface area (TPSA) is 46.2 Å². The van der Waals surface area contributed by atoms with Gasteiger partial charge in [0, 0.05) is 6.04 Å². The predicted octanol–water partition coefficient (Wildman–Crippen LogP) is 2.98. The molecule has 0 radical (unpaired) electrons. The first-order valence-corrected chi connectivity index (χ1v) is 7.82. The third kappa shape index (κ3) is 3.86. The Morgan fingerprint density at radius 2 is 2.20 bits per heavy atom. The minimum absolute atomic E-state index is 0.0131. The summed E-state index contributed by atoms with van der Waals surface area (Å²) in [6.07, 6.45) is 1.82. The molecule has 0 fully saturated rings. The van der Waals surface area contributed by atoms with Crippen LogP contribution in [0, 0.1) is 0 Å². The van der Waals surface area contributed by atoms with E-state index in [4.69, 9.17) is 0 Å². The van der Waals surface area contributed by atoms with Crippen LogP contribution in [0.25, 0.3) is 0 Å². The number of rotatable bonds is 5. The van der Waals surface area contributed by atoms with Crippen molar-refractivity contribution in [2.24, 2.45) is 0 Å². The first kappa shape index (κ1) is 13.2. The highest BCUT2D eigenvalue weighted by atomic mass is 79.9. The van der Waals surface area contributed by atoms with Gasteiger partial charge in [-0.15, -0.1) is 11.3 Å². The molecule has 0 spiro atoms. The third-order valence-corrected chi connectivity index (χ3v) is 5.60. The molecule has 0 aliphatic carbocycles. The van der Waals surface area contributed by atoms with E-state index in [0.29, 0.717) is 4.21 Å². The van der Waals surface area contributed by atoms with Gasteiger partial charge in [0.1, 0.15) is 4.21 Å². The maximum Gasteiger partial charge on any atom is 0.250 e. The van der Waals surface area contributed by atoms with Gasteiger partial charge in [-0.05, 0) is 41.4 Å². The van der Waals surface area contributed by atoms with Gasteiger partial charge in [-0.1, -0.05) is 13.3 Å². The zero-order valence-electron chi connectivity index (χ0n) is 8.66. The lowest BCUT2D eigenvalue weighted by Crippen LogP contribution is -2.31. The van der Waals surface area contributed by atoms with E-state index in [1.807, 2.05) is 13.8 Å². The molecule has 1 aromatic heterocycles. The Balaban J connectivity index is 2.76. The van der Waals surface area contributed by atoms with Gasteiger partial charge in [0.25, 0.3) is 0 Å². The monoisotopic (exact) mass is 311 g/mol. The Labute approximate surface area is 103 Å². The number of nitrogens with one attached hydrogen (secondary N) is 1. The van der Waals surface area contributed by atoms with E-state index in [9.17, 15) is 8.42 Å². The number of hydrogen-bond acceptors (Lipinski definition) is 3. The third-order valence-electron chi connectivity index (χ3n) is 1.89. The van der Waals surface area contributed by atoms with Crippen molar-refractivity contribution in [2.75, 3.05) is 0 Å². The lowest BCUT2D eigenvalue weighted by Gasteiger charge is -2.11. The molecule has 0 aromatic carbocycles. The van der Waals surface area contributed by atoms with Crippen molar-refractivity contribution in [3.8, 4) is 0 Å². The van der Waals surface area contributed by atoms with Crippen LogP contribution in [-0.4, -0.2) is 14.5 Å². The lowest BCUT2D eigenvalue weighted by atomic mass is 10.2. The van der Waals surface area contributed by atoms with E-state index in [0.717, 1.165) is 16.6 Å². The van der Waals surface area contributed by atoms with Gasteiger partial charge >= 0.3 is 0 Å². The molecule has 86 valence electrons. The highest BCUT2D eigenvalue weighted by molar-refractivity contribution is 9.11. The molecule has 0 aliphatic heterocycles. The normalized spacial score (nSPS) is 14.1. The Bertz CT molecular complexity index is 414. The second kappa shape index (κ2) is 5.43. The Morgan fingerprint density at radius 3 is 2.67 bits per heavy atom. The predicted molar refractivity (Wildman–Crippen MR) is 66.7 cm³/mol. The Morgan fingerprint density at radius 1 is 1.53 bits per heavy atom. The molecule has 1 N–H and O–H groups in total. The number of halogens is 1. The molecule has 0 bridgehead atoms. The average Bonchev–Trinajstić information content (AvgIpc) is 2.51. The van der Waals surface area contributed by atoms with Crippen molar-refractivity contribution in [1.29, 1.82) is 0 Å². The molecule has 0 amide bonds. The molecule has 0 saturated heterocycles. The molecule has 0 unspecified atom stereocenters. The van der Waals surface area contributed by atoms with E-state index in [-0.39, 0.29) is 6.04 Å². The molecule has 1 heterocycles. The van der Waals surface area contributed by atoms with E-state index in [1.165, 1.54) is 11.3 Å². The zero-order valence-corrected chi connectivity index (χ0v) is 11.9. The molecule has 1 aromatic rings. The maximum absolute atomic E-state index is 11.8. The standard InChI is InChI=1S/C9H14BrNO2S2/c1-3-4-7(2)11-15(12,13)9-6-5-8(10)14-9/h5-7,11H,3-4H2,1-2H3/t7-/m0/s1. The van der Waals surface area contributed by atoms with Gasteiger partial charge in [0.05, 0.1) is 3.79 Å². The van der Waals surface area contributed by atoms with E-state index >= 15 is 0 Å². The summed E-state index contributed by atoms with van der Waals surface area (Å²) < 4.78 is 27.5. The van der Waals surface area contributed by atoms with Crippen LogP contribution in [0.5, 0.6) is 0 Å². The largest absolute Gasteiger partial charge is 0.250 e. The summed E-state index contributed by atoms with van der Waals surface area (Å²) in [7, 11) is -3.32. The van der Waals surface area contributed by atoms with Crippen molar-refractivity contribution in [2.45, 2.75) is 36.9 Å². The van der Waals surface area contributed by atoms with Crippen molar-refractivity contribution >= 4 is 37.3 Å². The Kier molecular flexibility index (Phi) is 4.76. The van der Waals surface area contributed by atoms with Crippen LogP contribution >= 0.6 is 27.3 Å².